The minimum atomic E-state index is -0.160. The lowest BCUT2D eigenvalue weighted by Gasteiger charge is -2.21. The van der Waals surface area contributed by atoms with Crippen molar-refractivity contribution in [2.24, 2.45) is 0 Å². The quantitative estimate of drug-likeness (QED) is 0.668. The van der Waals surface area contributed by atoms with Gasteiger partial charge in [-0.3, -0.25) is 4.79 Å². The molecule has 0 heterocycles. The first-order chi connectivity index (χ1) is 11.4. The molecule has 1 amide bonds. The van der Waals surface area contributed by atoms with Crippen LogP contribution in [0.2, 0.25) is 5.02 Å². The van der Waals surface area contributed by atoms with Gasteiger partial charge in [0, 0.05) is 9.92 Å². The summed E-state index contributed by atoms with van der Waals surface area (Å²) in [6.07, 6.45) is 0.868. The van der Waals surface area contributed by atoms with Crippen LogP contribution in [0, 0.1) is 13.8 Å². The minimum absolute atomic E-state index is 0.0464. The number of amides is 1. The van der Waals surface area contributed by atoms with Gasteiger partial charge in [-0.2, -0.15) is 0 Å². The molecule has 2 atom stereocenters. The van der Waals surface area contributed by atoms with Crippen LogP contribution in [-0.2, 0) is 4.79 Å². The first-order valence-corrected chi connectivity index (χ1v) is 9.46. The molecule has 2 rings (SSSR count). The Morgan fingerprint density at radius 3 is 2.38 bits per heavy atom. The monoisotopic (exact) mass is 361 g/mol. The van der Waals surface area contributed by atoms with Crippen LogP contribution in [0.25, 0.3) is 0 Å². The molecule has 2 aromatic rings. The van der Waals surface area contributed by atoms with Crippen molar-refractivity contribution in [1.29, 1.82) is 0 Å². The van der Waals surface area contributed by atoms with E-state index in [-0.39, 0.29) is 17.2 Å². The zero-order chi connectivity index (χ0) is 17.7. The predicted molar refractivity (Wildman–Crippen MR) is 104 cm³/mol. The Hall–Kier alpha value is -1.45. The SMILES string of the molecule is CC[C@@H](NC(=O)[C@@H](C)Sc1ccc(Cl)cc1)c1ccc(C)c(C)c1. The van der Waals surface area contributed by atoms with Crippen LogP contribution in [0.5, 0.6) is 0 Å². The molecule has 0 aliphatic heterocycles. The first-order valence-electron chi connectivity index (χ1n) is 8.20. The average molecular weight is 362 g/mol. The highest BCUT2D eigenvalue weighted by Gasteiger charge is 2.19. The van der Waals surface area contributed by atoms with Gasteiger partial charge in [-0.05, 0) is 68.1 Å². The molecule has 2 aromatic carbocycles. The topological polar surface area (TPSA) is 29.1 Å². The Morgan fingerprint density at radius 2 is 1.79 bits per heavy atom. The molecule has 0 saturated heterocycles. The number of halogens is 1. The third kappa shape index (κ3) is 5.02. The van der Waals surface area contributed by atoms with Crippen molar-refractivity contribution in [3.05, 3.63) is 64.2 Å². The van der Waals surface area contributed by atoms with Crippen molar-refractivity contribution < 1.29 is 4.79 Å². The van der Waals surface area contributed by atoms with Crippen molar-refractivity contribution in [3.8, 4) is 0 Å². The van der Waals surface area contributed by atoms with E-state index in [9.17, 15) is 4.79 Å². The van der Waals surface area contributed by atoms with Crippen LogP contribution in [0.15, 0.2) is 47.4 Å². The standard InChI is InChI=1S/C20H24ClNOS/c1-5-19(16-7-6-13(2)14(3)12-16)22-20(23)15(4)24-18-10-8-17(21)9-11-18/h6-12,15,19H,5H2,1-4H3,(H,22,23)/t15-,19-/m1/s1. The third-order valence-electron chi connectivity index (χ3n) is 4.15. The summed E-state index contributed by atoms with van der Waals surface area (Å²) in [5, 5.41) is 3.72. The van der Waals surface area contributed by atoms with Crippen LogP contribution in [0.1, 0.15) is 43.0 Å². The normalized spacial score (nSPS) is 13.4. The molecular weight excluding hydrogens is 338 g/mol. The fraction of sp³-hybridized carbons (Fsp3) is 0.350. The molecule has 0 aromatic heterocycles. The smallest absolute Gasteiger partial charge is 0.233 e. The Balaban J connectivity index is 2.02. The predicted octanol–water partition coefficient (Wildman–Crippen LogP) is 5.70. The molecular formula is C20H24ClNOS. The summed E-state index contributed by atoms with van der Waals surface area (Å²) < 4.78 is 0. The molecule has 24 heavy (non-hydrogen) atoms. The summed E-state index contributed by atoms with van der Waals surface area (Å²) in [6, 6.07) is 14.0. The molecule has 1 N–H and O–H groups in total. The van der Waals surface area contributed by atoms with Gasteiger partial charge in [-0.25, -0.2) is 0 Å². The van der Waals surface area contributed by atoms with E-state index >= 15 is 0 Å². The molecule has 0 aliphatic carbocycles. The number of hydrogen-bond donors (Lipinski definition) is 1. The second kappa shape index (κ2) is 8.59. The third-order valence-corrected chi connectivity index (χ3v) is 5.52. The lowest BCUT2D eigenvalue weighted by molar-refractivity contribution is -0.121. The van der Waals surface area contributed by atoms with Gasteiger partial charge >= 0.3 is 0 Å². The van der Waals surface area contributed by atoms with Crippen molar-refractivity contribution in [2.45, 2.75) is 50.3 Å². The van der Waals surface area contributed by atoms with Gasteiger partial charge in [0.05, 0.1) is 11.3 Å². The maximum Gasteiger partial charge on any atom is 0.233 e. The summed E-state index contributed by atoms with van der Waals surface area (Å²) in [6.45, 7) is 8.23. The number of hydrogen-bond acceptors (Lipinski definition) is 2. The van der Waals surface area contributed by atoms with Crippen molar-refractivity contribution in [1.82, 2.24) is 5.32 Å². The zero-order valence-electron chi connectivity index (χ0n) is 14.6. The first kappa shape index (κ1) is 18.9. The van der Waals surface area contributed by atoms with Gasteiger partial charge < -0.3 is 5.32 Å². The second-order valence-corrected chi connectivity index (χ2v) is 7.88. The summed E-state index contributed by atoms with van der Waals surface area (Å²) >= 11 is 7.44. The Morgan fingerprint density at radius 1 is 1.12 bits per heavy atom. The Labute approximate surface area is 154 Å². The van der Waals surface area contributed by atoms with Crippen LogP contribution in [0.4, 0.5) is 0 Å². The number of carbonyl (C=O) groups excluding carboxylic acids is 1. The maximum absolute atomic E-state index is 12.6. The van der Waals surface area contributed by atoms with Gasteiger partial charge in [-0.1, -0.05) is 36.7 Å². The van der Waals surface area contributed by atoms with Gasteiger partial charge in [0.25, 0.3) is 0 Å². The minimum Gasteiger partial charge on any atom is -0.348 e. The van der Waals surface area contributed by atoms with Gasteiger partial charge in [0.15, 0.2) is 0 Å². The summed E-state index contributed by atoms with van der Waals surface area (Å²) in [4.78, 5) is 13.6. The number of rotatable bonds is 6. The zero-order valence-corrected chi connectivity index (χ0v) is 16.2. The van der Waals surface area contributed by atoms with E-state index in [1.165, 1.54) is 11.1 Å². The number of carbonyl (C=O) groups is 1. The van der Waals surface area contributed by atoms with Crippen LogP contribution >= 0.6 is 23.4 Å². The van der Waals surface area contributed by atoms with E-state index in [0.717, 1.165) is 16.9 Å². The van der Waals surface area contributed by atoms with Crippen molar-refractivity contribution >= 4 is 29.3 Å². The molecule has 0 bridgehead atoms. The summed E-state index contributed by atoms with van der Waals surface area (Å²) in [5.41, 5.74) is 3.69. The summed E-state index contributed by atoms with van der Waals surface area (Å²) in [7, 11) is 0. The maximum atomic E-state index is 12.6. The van der Waals surface area contributed by atoms with Gasteiger partial charge in [0.1, 0.15) is 0 Å². The van der Waals surface area contributed by atoms with Gasteiger partial charge in [0.2, 0.25) is 5.91 Å². The lowest BCUT2D eigenvalue weighted by Crippen LogP contribution is -2.34. The highest BCUT2D eigenvalue weighted by molar-refractivity contribution is 8.00. The number of aryl methyl sites for hydroxylation is 2. The van der Waals surface area contributed by atoms with E-state index in [1.807, 2.05) is 31.2 Å². The highest BCUT2D eigenvalue weighted by atomic mass is 35.5. The van der Waals surface area contributed by atoms with Crippen molar-refractivity contribution in [3.63, 3.8) is 0 Å². The van der Waals surface area contributed by atoms with Crippen LogP contribution < -0.4 is 5.32 Å². The molecule has 4 heteroatoms. The molecule has 0 unspecified atom stereocenters. The fourth-order valence-electron chi connectivity index (χ4n) is 2.46. The average Bonchev–Trinajstić information content (AvgIpc) is 2.57. The molecule has 2 nitrogen and oxygen atoms in total. The van der Waals surface area contributed by atoms with E-state index < -0.39 is 0 Å². The van der Waals surface area contributed by atoms with Crippen LogP contribution in [0.3, 0.4) is 0 Å². The van der Waals surface area contributed by atoms with E-state index in [4.69, 9.17) is 11.6 Å². The molecule has 0 radical (unpaired) electrons. The Kier molecular flexibility index (Phi) is 6.76. The molecule has 128 valence electrons. The van der Waals surface area contributed by atoms with E-state index in [1.54, 1.807) is 11.8 Å². The van der Waals surface area contributed by atoms with E-state index in [2.05, 4.69) is 44.3 Å². The number of thioether (sulfide) groups is 1. The lowest BCUT2D eigenvalue weighted by atomic mass is 9.99. The van der Waals surface area contributed by atoms with Gasteiger partial charge in [-0.15, -0.1) is 11.8 Å². The highest BCUT2D eigenvalue weighted by Crippen LogP contribution is 2.26. The Bertz CT molecular complexity index is 699. The fourth-order valence-corrected chi connectivity index (χ4v) is 3.46. The molecule has 0 aliphatic rings. The van der Waals surface area contributed by atoms with Crippen LogP contribution in [-0.4, -0.2) is 11.2 Å². The molecule has 0 saturated carbocycles. The molecule has 0 spiro atoms. The second-order valence-electron chi connectivity index (χ2n) is 6.03. The number of nitrogens with one attached hydrogen (secondary N) is 1. The number of benzene rings is 2. The summed E-state index contributed by atoms with van der Waals surface area (Å²) in [5.74, 6) is 0.0556. The molecule has 0 fully saturated rings. The largest absolute Gasteiger partial charge is 0.348 e. The van der Waals surface area contributed by atoms with E-state index in [0.29, 0.717) is 5.02 Å². The van der Waals surface area contributed by atoms with Crippen molar-refractivity contribution in [2.75, 3.05) is 0 Å².